The third-order valence-corrected chi connectivity index (χ3v) is 1.56. The highest BCUT2D eigenvalue weighted by atomic mass is 19.4. The first-order valence-corrected chi connectivity index (χ1v) is 3.91. The van der Waals surface area contributed by atoms with E-state index in [2.05, 4.69) is 5.10 Å². The monoisotopic (exact) mass is 222 g/mol. The van der Waals surface area contributed by atoms with Crippen LogP contribution in [0.5, 0.6) is 0 Å². The molecule has 1 aromatic rings. The van der Waals surface area contributed by atoms with Crippen molar-refractivity contribution in [1.29, 1.82) is 0 Å². The molecule has 0 bridgehead atoms. The van der Waals surface area contributed by atoms with Gasteiger partial charge in [-0.05, 0) is 0 Å². The largest absolute Gasteiger partial charge is 0.407 e. The zero-order valence-corrected chi connectivity index (χ0v) is 7.82. The maximum Gasteiger partial charge on any atom is 0.407 e. The molecular formula is C7H9F3N4O. The first-order chi connectivity index (χ1) is 6.79. The Labute approximate surface area is 83.2 Å². The van der Waals surface area contributed by atoms with E-state index < -0.39 is 18.6 Å². The molecule has 1 heterocycles. The third-order valence-electron chi connectivity index (χ3n) is 1.56. The molecule has 0 fully saturated rings. The van der Waals surface area contributed by atoms with E-state index in [1.54, 1.807) is 7.05 Å². The number of nitrogens with two attached hydrogens (primary N) is 1. The lowest BCUT2D eigenvalue weighted by Gasteiger charge is -2.17. The van der Waals surface area contributed by atoms with Crippen LogP contribution >= 0.6 is 0 Å². The van der Waals surface area contributed by atoms with E-state index in [1.165, 1.54) is 10.9 Å². The van der Waals surface area contributed by atoms with E-state index in [0.29, 0.717) is 0 Å². The predicted molar refractivity (Wildman–Crippen MR) is 44.5 cm³/mol. The third kappa shape index (κ3) is 3.24. The molecule has 0 aliphatic heterocycles. The Morgan fingerprint density at radius 1 is 1.67 bits per heavy atom. The standard InChI is InChI=1S/C7H9F3N4O/c1-13-3-5(2-12-13)6(15)14(11)4-7(8,9)10/h2-3H,4,11H2,1H3. The van der Waals surface area contributed by atoms with Crippen LogP contribution in [0.1, 0.15) is 10.4 Å². The van der Waals surface area contributed by atoms with E-state index in [9.17, 15) is 18.0 Å². The van der Waals surface area contributed by atoms with Crippen LogP contribution in [0, 0.1) is 0 Å². The molecule has 0 radical (unpaired) electrons. The van der Waals surface area contributed by atoms with Gasteiger partial charge in [0.25, 0.3) is 5.91 Å². The number of nitrogens with zero attached hydrogens (tertiary/aromatic N) is 3. The highest BCUT2D eigenvalue weighted by Gasteiger charge is 2.32. The lowest BCUT2D eigenvalue weighted by Crippen LogP contribution is -2.43. The lowest BCUT2D eigenvalue weighted by molar-refractivity contribution is -0.141. The van der Waals surface area contributed by atoms with E-state index in [4.69, 9.17) is 5.84 Å². The lowest BCUT2D eigenvalue weighted by atomic mass is 10.3. The van der Waals surface area contributed by atoms with Crippen molar-refractivity contribution in [3.8, 4) is 0 Å². The Morgan fingerprint density at radius 3 is 2.67 bits per heavy atom. The second-order valence-electron chi connectivity index (χ2n) is 2.95. The van der Waals surface area contributed by atoms with Crippen LogP contribution in [0.2, 0.25) is 0 Å². The molecule has 84 valence electrons. The van der Waals surface area contributed by atoms with Crippen molar-refractivity contribution in [2.24, 2.45) is 12.9 Å². The molecule has 5 nitrogen and oxygen atoms in total. The fraction of sp³-hybridized carbons (Fsp3) is 0.429. The number of hydrogen-bond donors (Lipinski definition) is 1. The predicted octanol–water partition coefficient (Wildman–Crippen LogP) is 0.298. The van der Waals surface area contributed by atoms with E-state index in [0.717, 1.165) is 6.20 Å². The van der Waals surface area contributed by atoms with Gasteiger partial charge in [0.2, 0.25) is 0 Å². The van der Waals surface area contributed by atoms with Crippen LogP contribution in [0.25, 0.3) is 0 Å². The molecule has 0 aromatic carbocycles. The molecule has 0 saturated carbocycles. The van der Waals surface area contributed by atoms with Gasteiger partial charge in [-0.1, -0.05) is 0 Å². The fourth-order valence-corrected chi connectivity index (χ4v) is 0.962. The minimum absolute atomic E-state index is 0.0178. The molecule has 15 heavy (non-hydrogen) atoms. The summed E-state index contributed by atoms with van der Waals surface area (Å²) in [7, 11) is 1.54. The van der Waals surface area contributed by atoms with Crippen LogP contribution < -0.4 is 5.84 Å². The molecule has 1 rings (SSSR count). The number of rotatable bonds is 2. The average molecular weight is 222 g/mol. The van der Waals surface area contributed by atoms with Gasteiger partial charge in [0, 0.05) is 13.2 Å². The molecule has 0 atom stereocenters. The Hall–Kier alpha value is -1.57. The Kier molecular flexibility index (Phi) is 2.98. The summed E-state index contributed by atoms with van der Waals surface area (Å²) < 4.78 is 37.0. The highest BCUT2D eigenvalue weighted by Crippen LogP contribution is 2.15. The van der Waals surface area contributed by atoms with Gasteiger partial charge < -0.3 is 0 Å². The summed E-state index contributed by atoms with van der Waals surface area (Å²) in [6, 6.07) is 0. The summed E-state index contributed by atoms with van der Waals surface area (Å²) in [4.78, 5) is 11.3. The summed E-state index contributed by atoms with van der Waals surface area (Å²) in [6.07, 6.45) is -2.07. The second-order valence-corrected chi connectivity index (χ2v) is 2.95. The quantitative estimate of drug-likeness (QED) is 0.444. The Morgan fingerprint density at radius 2 is 2.27 bits per heavy atom. The van der Waals surface area contributed by atoms with Gasteiger partial charge in [0.15, 0.2) is 0 Å². The first kappa shape index (κ1) is 11.5. The van der Waals surface area contributed by atoms with Crippen molar-refractivity contribution in [1.82, 2.24) is 14.8 Å². The zero-order valence-electron chi connectivity index (χ0n) is 7.82. The first-order valence-electron chi connectivity index (χ1n) is 3.91. The van der Waals surface area contributed by atoms with Gasteiger partial charge in [-0.2, -0.15) is 18.3 Å². The Bertz CT molecular complexity index is 359. The van der Waals surface area contributed by atoms with Crippen LogP contribution in [-0.4, -0.2) is 33.4 Å². The zero-order chi connectivity index (χ0) is 11.6. The number of carbonyl (C=O) groups excluding carboxylic acids is 1. The molecule has 0 saturated heterocycles. The molecule has 2 N–H and O–H groups in total. The second kappa shape index (κ2) is 3.89. The minimum Gasteiger partial charge on any atom is -0.275 e. The van der Waals surface area contributed by atoms with Crippen LogP contribution in [0.4, 0.5) is 13.2 Å². The number of alkyl halides is 3. The Balaban J connectivity index is 2.69. The molecule has 1 aromatic heterocycles. The van der Waals surface area contributed by atoms with E-state index in [-0.39, 0.29) is 10.6 Å². The van der Waals surface area contributed by atoms with Crippen molar-refractivity contribution in [2.45, 2.75) is 6.18 Å². The summed E-state index contributed by atoms with van der Waals surface area (Å²) in [5.74, 6) is 4.06. The molecule has 0 spiro atoms. The van der Waals surface area contributed by atoms with E-state index >= 15 is 0 Å². The summed E-state index contributed by atoms with van der Waals surface area (Å²) in [6.45, 7) is -1.49. The summed E-state index contributed by atoms with van der Waals surface area (Å²) >= 11 is 0. The maximum absolute atomic E-state index is 11.9. The normalized spacial score (nSPS) is 11.5. The smallest absolute Gasteiger partial charge is 0.275 e. The summed E-state index contributed by atoms with van der Waals surface area (Å²) in [5, 5.41) is 3.76. The molecular weight excluding hydrogens is 213 g/mol. The molecule has 0 aliphatic carbocycles. The van der Waals surface area contributed by atoms with Gasteiger partial charge in [-0.25, -0.2) is 5.84 Å². The van der Waals surface area contributed by atoms with Gasteiger partial charge in [-0.15, -0.1) is 0 Å². The highest BCUT2D eigenvalue weighted by molar-refractivity contribution is 5.93. The number of halogens is 3. The number of aryl methyl sites for hydroxylation is 1. The van der Waals surface area contributed by atoms with Crippen molar-refractivity contribution in [3.63, 3.8) is 0 Å². The molecule has 0 aliphatic rings. The van der Waals surface area contributed by atoms with Crippen LogP contribution in [0.15, 0.2) is 12.4 Å². The topological polar surface area (TPSA) is 64.2 Å². The average Bonchev–Trinajstić information content (AvgIpc) is 2.47. The van der Waals surface area contributed by atoms with Crippen LogP contribution in [0.3, 0.4) is 0 Å². The minimum atomic E-state index is -4.51. The number of amides is 1. The van der Waals surface area contributed by atoms with Gasteiger partial charge >= 0.3 is 6.18 Å². The number of aromatic nitrogens is 2. The molecule has 0 unspecified atom stereocenters. The van der Waals surface area contributed by atoms with Gasteiger partial charge in [0.05, 0.1) is 11.8 Å². The van der Waals surface area contributed by atoms with Crippen molar-refractivity contribution < 1.29 is 18.0 Å². The number of hydrazine groups is 1. The number of carbonyl (C=O) groups is 1. The fourth-order valence-electron chi connectivity index (χ4n) is 0.962. The molecule has 1 amide bonds. The van der Waals surface area contributed by atoms with Crippen molar-refractivity contribution in [3.05, 3.63) is 18.0 Å². The van der Waals surface area contributed by atoms with Crippen LogP contribution in [-0.2, 0) is 7.05 Å². The van der Waals surface area contributed by atoms with Crippen molar-refractivity contribution >= 4 is 5.91 Å². The maximum atomic E-state index is 11.9. The summed E-state index contributed by atoms with van der Waals surface area (Å²) in [5.41, 5.74) is 0.0178. The van der Waals surface area contributed by atoms with Crippen molar-refractivity contribution in [2.75, 3.05) is 6.54 Å². The van der Waals surface area contributed by atoms with Gasteiger partial charge in [0.1, 0.15) is 6.54 Å². The van der Waals surface area contributed by atoms with E-state index in [1.807, 2.05) is 0 Å². The SMILES string of the molecule is Cn1cc(C(=O)N(N)CC(F)(F)F)cn1. The molecule has 8 heteroatoms. The number of hydrogen-bond acceptors (Lipinski definition) is 3. The van der Waals surface area contributed by atoms with Gasteiger partial charge in [-0.3, -0.25) is 14.5 Å².